The highest BCUT2D eigenvalue weighted by molar-refractivity contribution is 5.80. The first-order chi connectivity index (χ1) is 13.8. The van der Waals surface area contributed by atoms with Crippen LogP contribution in [0.1, 0.15) is 57.1 Å². The number of aryl methyl sites for hydroxylation is 1. The summed E-state index contributed by atoms with van der Waals surface area (Å²) in [7, 11) is 0. The Balaban J connectivity index is 1.26. The molecule has 1 N–H and O–H groups in total. The summed E-state index contributed by atoms with van der Waals surface area (Å²) in [5.41, 5.74) is 0. The molecule has 3 aliphatic rings. The van der Waals surface area contributed by atoms with E-state index in [1.165, 1.54) is 19.3 Å². The van der Waals surface area contributed by atoms with Gasteiger partial charge in [0, 0.05) is 39.2 Å². The van der Waals surface area contributed by atoms with Crippen LogP contribution in [-0.4, -0.2) is 70.7 Å². The molecule has 0 radical (unpaired) electrons. The van der Waals surface area contributed by atoms with E-state index < -0.39 is 0 Å². The van der Waals surface area contributed by atoms with Gasteiger partial charge < -0.3 is 24.3 Å². The summed E-state index contributed by atoms with van der Waals surface area (Å²) in [5.74, 6) is 3.07. The Morgan fingerprint density at radius 3 is 2.86 bits per heavy atom. The van der Waals surface area contributed by atoms with Gasteiger partial charge in [0.25, 0.3) is 0 Å². The third kappa shape index (κ3) is 4.84. The van der Waals surface area contributed by atoms with Crippen LogP contribution in [0.25, 0.3) is 0 Å². The van der Waals surface area contributed by atoms with E-state index in [0.717, 1.165) is 82.7 Å². The summed E-state index contributed by atoms with van der Waals surface area (Å²) in [6.07, 6.45) is 8.53. The zero-order chi connectivity index (χ0) is 19.2. The van der Waals surface area contributed by atoms with Crippen molar-refractivity contribution in [1.82, 2.24) is 25.0 Å². The van der Waals surface area contributed by atoms with Gasteiger partial charge in [-0.25, -0.2) is 4.99 Å². The van der Waals surface area contributed by atoms with Crippen LogP contribution in [0.2, 0.25) is 0 Å². The highest BCUT2D eigenvalue weighted by Gasteiger charge is 2.24. The number of guanidine groups is 1. The van der Waals surface area contributed by atoms with Gasteiger partial charge in [0.05, 0.1) is 18.8 Å². The quantitative estimate of drug-likeness (QED) is 0.589. The Hall–Kier alpha value is -1.67. The lowest BCUT2D eigenvalue weighted by Gasteiger charge is -2.35. The molecule has 8 nitrogen and oxygen atoms in total. The predicted octanol–water partition coefficient (Wildman–Crippen LogP) is 1.74. The molecular formula is C20H34N6O2. The highest BCUT2D eigenvalue weighted by Crippen LogP contribution is 2.18. The Morgan fingerprint density at radius 2 is 2.07 bits per heavy atom. The molecule has 156 valence electrons. The van der Waals surface area contributed by atoms with Gasteiger partial charge in [-0.1, -0.05) is 0 Å². The molecule has 3 aliphatic heterocycles. The first-order valence-electron chi connectivity index (χ1n) is 11.0. The molecule has 28 heavy (non-hydrogen) atoms. The van der Waals surface area contributed by atoms with Gasteiger partial charge >= 0.3 is 0 Å². The minimum absolute atomic E-state index is 0.301. The average molecular weight is 391 g/mol. The first kappa shape index (κ1) is 19.6. The summed E-state index contributed by atoms with van der Waals surface area (Å²) < 4.78 is 14.2. The van der Waals surface area contributed by atoms with Crippen LogP contribution in [0.15, 0.2) is 4.99 Å². The van der Waals surface area contributed by atoms with Crippen molar-refractivity contribution in [2.75, 3.05) is 32.8 Å². The molecule has 0 aromatic carbocycles. The fraction of sp³-hybridized carbons (Fsp3) is 0.850. The van der Waals surface area contributed by atoms with Gasteiger partial charge in [0.2, 0.25) is 0 Å². The van der Waals surface area contributed by atoms with Crippen LogP contribution in [0.3, 0.4) is 0 Å². The van der Waals surface area contributed by atoms with Crippen LogP contribution in [0.5, 0.6) is 0 Å². The number of ether oxygens (including phenoxy) is 2. The monoisotopic (exact) mass is 390 g/mol. The van der Waals surface area contributed by atoms with Crippen molar-refractivity contribution in [3.63, 3.8) is 0 Å². The minimum Gasteiger partial charge on any atom is -0.376 e. The van der Waals surface area contributed by atoms with E-state index in [1.54, 1.807) is 0 Å². The van der Waals surface area contributed by atoms with Gasteiger partial charge in [0.15, 0.2) is 11.8 Å². The zero-order valence-corrected chi connectivity index (χ0v) is 17.1. The lowest BCUT2D eigenvalue weighted by Crippen LogP contribution is -2.47. The number of aliphatic imine (C=N–C) groups is 1. The Labute approximate surface area is 167 Å². The number of nitrogens with one attached hydrogen (secondary N) is 1. The Bertz CT molecular complexity index is 647. The Kier molecular flexibility index (Phi) is 6.80. The van der Waals surface area contributed by atoms with Crippen LogP contribution < -0.4 is 5.32 Å². The number of aromatic nitrogens is 3. The molecule has 1 unspecified atom stereocenters. The number of rotatable bonds is 6. The van der Waals surface area contributed by atoms with Crippen molar-refractivity contribution in [1.29, 1.82) is 0 Å². The molecule has 0 spiro atoms. The van der Waals surface area contributed by atoms with Crippen LogP contribution in [-0.2, 0) is 29.0 Å². The van der Waals surface area contributed by atoms with Crippen molar-refractivity contribution in [2.45, 2.75) is 77.2 Å². The molecular weight excluding hydrogens is 356 g/mol. The molecule has 1 atom stereocenters. The van der Waals surface area contributed by atoms with Crippen LogP contribution >= 0.6 is 0 Å². The third-order valence-electron chi connectivity index (χ3n) is 5.92. The third-order valence-corrected chi connectivity index (χ3v) is 5.92. The SMILES string of the molecule is CCNC(=NCc1nnc2n1CCC2)N1CCC(OCC2CCCCO2)CC1. The largest absolute Gasteiger partial charge is 0.376 e. The molecule has 0 saturated carbocycles. The molecule has 4 rings (SSSR count). The molecule has 2 saturated heterocycles. The topological polar surface area (TPSA) is 76.8 Å². The molecule has 0 aliphatic carbocycles. The van der Waals surface area contributed by atoms with E-state index >= 15 is 0 Å². The normalized spacial score (nSPS) is 23.8. The van der Waals surface area contributed by atoms with Crippen molar-refractivity contribution >= 4 is 5.96 Å². The molecule has 1 aromatic heterocycles. The number of likely N-dealkylation sites (tertiary alicyclic amines) is 1. The van der Waals surface area contributed by atoms with Crippen LogP contribution in [0.4, 0.5) is 0 Å². The zero-order valence-electron chi connectivity index (χ0n) is 17.1. The molecule has 2 fully saturated rings. The van der Waals surface area contributed by atoms with Gasteiger partial charge in [-0.3, -0.25) is 0 Å². The fourth-order valence-corrected chi connectivity index (χ4v) is 4.32. The number of hydrogen-bond donors (Lipinski definition) is 1. The number of piperidine rings is 1. The second kappa shape index (κ2) is 9.69. The predicted molar refractivity (Wildman–Crippen MR) is 107 cm³/mol. The summed E-state index contributed by atoms with van der Waals surface area (Å²) in [6.45, 7) is 8.18. The van der Waals surface area contributed by atoms with Crippen molar-refractivity contribution in [3.8, 4) is 0 Å². The maximum absolute atomic E-state index is 6.15. The van der Waals surface area contributed by atoms with Gasteiger partial charge in [-0.2, -0.15) is 0 Å². The standard InChI is InChI=1S/C20H34N6O2/c1-2-21-20(22-14-19-24-23-18-7-5-10-26(18)19)25-11-8-16(9-12-25)28-15-17-6-3-4-13-27-17/h16-17H,2-15H2,1H3,(H,21,22). The number of hydrogen-bond acceptors (Lipinski definition) is 5. The smallest absolute Gasteiger partial charge is 0.194 e. The van der Waals surface area contributed by atoms with E-state index in [-0.39, 0.29) is 0 Å². The van der Waals surface area contributed by atoms with E-state index in [9.17, 15) is 0 Å². The lowest BCUT2D eigenvalue weighted by atomic mass is 10.1. The van der Waals surface area contributed by atoms with Crippen LogP contribution in [0, 0.1) is 0 Å². The van der Waals surface area contributed by atoms with Gasteiger partial charge in [0.1, 0.15) is 12.4 Å². The molecule has 8 heteroatoms. The maximum atomic E-state index is 6.15. The Morgan fingerprint density at radius 1 is 1.18 bits per heavy atom. The van der Waals surface area contributed by atoms with E-state index in [2.05, 4.69) is 31.9 Å². The number of nitrogens with zero attached hydrogens (tertiary/aromatic N) is 5. The van der Waals surface area contributed by atoms with Gasteiger partial charge in [-0.05, 0) is 45.4 Å². The lowest BCUT2D eigenvalue weighted by molar-refractivity contribution is -0.0721. The maximum Gasteiger partial charge on any atom is 0.194 e. The van der Waals surface area contributed by atoms with E-state index in [1.807, 2.05) is 0 Å². The average Bonchev–Trinajstić information content (AvgIpc) is 3.35. The fourth-order valence-electron chi connectivity index (χ4n) is 4.32. The molecule has 1 aromatic rings. The number of fused-ring (bicyclic) bond motifs is 1. The summed E-state index contributed by atoms with van der Waals surface area (Å²) in [4.78, 5) is 7.20. The van der Waals surface area contributed by atoms with E-state index in [0.29, 0.717) is 18.8 Å². The summed E-state index contributed by atoms with van der Waals surface area (Å²) in [5, 5.41) is 12.0. The first-order valence-corrected chi connectivity index (χ1v) is 11.0. The highest BCUT2D eigenvalue weighted by atomic mass is 16.5. The van der Waals surface area contributed by atoms with Gasteiger partial charge in [-0.15, -0.1) is 10.2 Å². The van der Waals surface area contributed by atoms with Crippen molar-refractivity contribution in [3.05, 3.63) is 11.6 Å². The van der Waals surface area contributed by atoms with Crippen molar-refractivity contribution in [2.24, 2.45) is 4.99 Å². The summed E-state index contributed by atoms with van der Waals surface area (Å²) >= 11 is 0. The summed E-state index contributed by atoms with van der Waals surface area (Å²) in [6, 6.07) is 0. The van der Waals surface area contributed by atoms with E-state index in [4.69, 9.17) is 14.5 Å². The van der Waals surface area contributed by atoms with Crippen molar-refractivity contribution < 1.29 is 9.47 Å². The molecule has 0 amide bonds. The minimum atomic E-state index is 0.301. The molecule has 4 heterocycles. The second-order valence-electron chi connectivity index (χ2n) is 7.97. The second-order valence-corrected chi connectivity index (χ2v) is 7.97. The molecule has 0 bridgehead atoms.